The Morgan fingerprint density at radius 2 is 0.484 bits per heavy atom. The molecule has 2 unspecified atom stereocenters. The number of hydrogen-bond acceptors (Lipinski definition) is 15. The molecule has 0 aromatic heterocycles. The van der Waals surface area contributed by atoms with E-state index in [0.717, 1.165) is 108 Å². The maximum Gasteiger partial charge on any atom is 0.472 e. The number of esters is 4. The van der Waals surface area contributed by atoms with E-state index in [0.29, 0.717) is 25.7 Å². The second-order valence-electron chi connectivity index (χ2n) is 28.8. The third-order valence-electron chi connectivity index (χ3n) is 17.6. The Bertz CT molecular complexity index is 1850. The van der Waals surface area contributed by atoms with E-state index >= 15 is 0 Å². The third kappa shape index (κ3) is 70.3. The first-order valence-corrected chi connectivity index (χ1v) is 42.3. The molecule has 0 spiro atoms. The van der Waals surface area contributed by atoms with E-state index in [1.54, 1.807) is 0 Å². The first kappa shape index (κ1) is 93.1. The predicted octanol–water partition coefficient (Wildman–Crippen LogP) is 22.2. The number of phosphoric ester groups is 2. The Hall–Kier alpha value is -1.94. The Kier molecular flexibility index (Phi) is 65.2. The van der Waals surface area contributed by atoms with E-state index in [2.05, 4.69) is 48.5 Å². The maximum absolute atomic E-state index is 13.1. The number of carbonyl (C=O) groups is 4. The van der Waals surface area contributed by atoms with E-state index in [9.17, 15) is 43.2 Å². The van der Waals surface area contributed by atoms with Gasteiger partial charge in [-0.1, -0.05) is 337 Å². The molecule has 0 bridgehead atoms. The minimum Gasteiger partial charge on any atom is -0.462 e. The van der Waals surface area contributed by atoms with E-state index in [4.69, 9.17) is 37.0 Å². The van der Waals surface area contributed by atoms with Gasteiger partial charge in [0.2, 0.25) is 0 Å². The molecule has 0 aromatic carbocycles. The highest BCUT2D eigenvalue weighted by Crippen LogP contribution is 2.45. The molecule has 0 amide bonds. The molecule has 17 nitrogen and oxygen atoms in total. The van der Waals surface area contributed by atoms with Crippen LogP contribution in [0.25, 0.3) is 0 Å². The van der Waals surface area contributed by atoms with Crippen molar-refractivity contribution < 1.29 is 80.2 Å². The first-order valence-electron chi connectivity index (χ1n) is 39.3. The van der Waals surface area contributed by atoms with Crippen molar-refractivity contribution in [3.8, 4) is 0 Å². The molecule has 0 aromatic rings. The van der Waals surface area contributed by atoms with Crippen LogP contribution in [-0.2, 0) is 65.4 Å². The molecule has 0 aliphatic rings. The average molecular weight is 1400 g/mol. The highest BCUT2D eigenvalue weighted by atomic mass is 31.2. The van der Waals surface area contributed by atoms with Gasteiger partial charge in [0.1, 0.15) is 19.3 Å². The van der Waals surface area contributed by atoms with Gasteiger partial charge < -0.3 is 33.8 Å². The lowest BCUT2D eigenvalue weighted by Crippen LogP contribution is -2.30. The summed E-state index contributed by atoms with van der Waals surface area (Å²) in [5, 5.41) is 10.6. The van der Waals surface area contributed by atoms with Gasteiger partial charge in [0.05, 0.1) is 26.4 Å². The van der Waals surface area contributed by atoms with Gasteiger partial charge >= 0.3 is 39.5 Å². The third-order valence-corrected chi connectivity index (χ3v) is 19.5. The topological polar surface area (TPSA) is 237 Å². The molecule has 95 heavy (non-hydrogen) atoms. The molecule has 19 heteroatoms. The first-order chi connectivity index (χ1) is 45.7. The Labute approximate surface area is 581 Å². The van der Waals surface area contributed by atoms with E-state index in [-0.39, 0.29) is 25.7 Å². The van der Waals surface area contributed by atoms with Crippen LogP contribution in [0.3, 0.4) is 0 Å². The molecule has 5 atom stereocenters. The van der Waals surface area contributed by atoms with E-state index < -0.39 is 97.5 Å². The highest BCUT2D eigenvalue weighted by Gasteiger charge is 2.30. The number of ether oxygens (including phenoxy) is 4. The quantitative estimate of drug-likeness (QED) is 0.0222. The molecule has 564 valence electrons. The summed E-state index contributed by atoms with van der Waals surface area (Å²) < 4.78 is 68.5. The summed E-state index contributed by atoms with van der Waals surface area (Å²) in [5.74, 6) is 0.200. The fourth-order valence-electron chi connectivity index (χ4n) is 11.6. The van der Waals surface area contributed by atoms with Gasteiger partial charge in [0, 0.05) is 25.7 Å². The molecule has 0 heterocycles. The van der Waals surface area contributed by atoms with Gasteiger partial charge in [-0.2, -0.15) is 0 Å². The number of carbonyl (C=O) groups excluding carboxylic acids is 4. The molecule has 0 saturated heterocycles. The van der Waals surface area contributed by atoms with Crippen molar-refractivity contribution in [3.63, 3.8) is 0 Å². The largest absolute Gasteiger partial charge is 0.472 e. The van der Waals surface area contributed by atoms with Crippen molar-refractivity contribution in [3.05, 3.63) is 0 Å². The lowest BCUT2D eigenvalue weighted by molar-refractivity contribution is -0.161. The molecular weight excluding hydrogens is 1250 g/mol. The van der Waals surface area contributed by atoms with Gasteiger partial charge in [0.15, 0.2) is 12.2 Å². The van der Waals surface area contributed by atoms with Crippen LogP contribution in [0.5, 0.6) is 0 Å². The van der Waals surface area contributed by atoms with Crippen LogP contribution in [0, 0.1) is 17.8 Å². The Morgan fingerprint density at radius 1 is 0.284 bits per heavy atom. The molecule has 0 aliphatic carbocycles. The zero-order valence-corrected chi connectivity index (χ0v) is 63.9. The minimum atomic E-state index is -4.96. The smallest absolute Gasteiger partial charge is 0.462 e. The van der Waals surface area contributed by atoms with Crippen LogP contribution in [-0.4, -0.2) is 96.7 Å². The molecule has 0 fully saturated rings. The summed E-state index contributed by atoms with van der Waals surface area (Å²) in [4.78, 5) is 72.7. The number of aliphatic hydroxyl groups is 1. The van der Waals surface area contributed by atoms with Crippen molar-refractivity contribution >= 4 is 39.5 Å². The van der Waals surface area contributed by atoms with E-state index in [1.165, 1.54) is 199 Å². The molecule has 0 saturated carbocycles. The van der Waals surface area contributed by atoms with Gasteiger partial charge in [0.25, 0.3) is 0 Å². The number of phosphoric acid groups is 2. The van der Waals surface area contributed by atoms with Gasteiger partial charge in [-0.25, -0.2) is 9.13 Å². The number of aliphatic hydroxyl groups excluding tert-OH is 1. The van der Waals surface area contributed by atoms with Gasteiger partial charge in [-0.05, 0) is 43.4 Å². The highest BCUT2D eigenvalue weighted by molar-refractivity contribution is 7.47. The van der Waals surface area contributed by atoms with Crippen LogP contribution in [0.1, 0.15) is 389 Å². The lowest BCUT2D eigenvalue weighted by Gasteiger charge is -2.21. The molecular formula is C76H148O17P2. The second-order valence-corrected chi connectivity index (χ2v) is 31.7. The van der Waals surface area contributed by atoms with Crippen molar-refractivity contribution in [2.45, 2.75) is 407 Å². The standard InChI is InChI=1S/C76H148O17P2/c1-8-9-10-11-12-26-36-43-50-57-73(78)86-63-72(93-76(81)60-53-46-39-32-31-35-42-49-56-69(6)7)66-91-95(84,85)89-62-70(77)61-88-94(82,83)90-65-71(64-87-74(79)58-51-44-37-29-24-20-17-16-19-23-28-34-41-48-55-68(4)5)92-75(80)59-52-45-38-30-25-21-15-13-14-18-22-27-33-40-47-54-67(2)3/h67-72,77H,8-66H2,1-7H3,(H,82,83)(H,84,85)/t70-,71-,72-/m1/s1. The predicted molar refractivity (Wildman–Crippen MR) is 386 cm³/mol. The van der Waals surface area contributed by atoms with Crippen LogP contribution < -0.4 is 0 Å². The fourth-order valence-corrected chi connectivity index (χ4v) is 13.2. The zero-order valence-electron chi connectivity index (χ0n) is 62.1. The fraction of sp³-hybridized carbons (Fsp3) is 0.947. The summed E-state index contributed by atoms with van der Waals surface area (Å²) in [6.07, 6.45) is 52.8. The Balaban J connectivity index is 5.22. The van der Waals surface area contributed by atoms with Crippen LogP contribution in [0.4, 0.5) is 0 Å². The average Bonchev–Trinajstić information content (AvgIpc) is 1.25. The monoisotopic (exact) mass is 1400 g/mol. The van der Waals surface area contributed by atoms with Gasteiger partial charge in [-0.3, -0.25) is 37.3 Å². The summed E-state index contributed by atoms with van der Waals surface area (Å²) in [7, 11) is -9.91. The molecule has 3 N–H and O–H groups in total. The molecule has 0 radical (unpaired) electrons. The number of rotatable bonds is 74. The van der Waals surface area contributed by atoms with Crippen molar-refractivity contribution in [1.82, 2.24) is 0 Å². The summed E-state index contributed by atoms with van der Waals surface area (Å²) >= 11 is 0. The van der Waals surface area contributed by atoms with Crippen LogP contribution in [0.15, 0.2) is 0 Å². The Morgan fingerprint density at radius 3 is 0.716 bits per heavy atom. The molecule has 0 rings (SSSR count). The normalized spacial score (nSPS) is 14.1. The van der Waals surface area contributed by atoms with Crippen LogP contribution in [0.2, 0.25) is 0 Å². The SMILES string of the molecule is CCCCCCCCCCCC(=O)OC[C@H](COP(=O)(O)OC[C@H](O)COP(=O)(O)OC[C@@H](COC(=O)CCCCCCCCCCCCCCCCC(C)C)OC(=O)CCCCCCCCCCCCCCCCCC(C)C)OC(=O)CCCCCCCCCCC(C)C. The summed E-state index contributed by atoms with van der Waals surface area (Å²) in [5.41, 5.74) is 0. The number of unbranched alkanes of at least 4 members (excludes halogenated alkanes) is 42. The van der Waals surface area contributed by atoms with Crippen LogP contribution >= 0.6 is 15.6 Å². The van der Waals surface area contributed by atoms with Crippen molar-refractivity contribution in [1.29, 1.82) is 0 Å². The van der Waals surface area contributed by atoms with Gasteiger partial charge in [-0.15, -0.1) is 0 Å². The minimum absolute atomic E-state index is 0.104. The van der Waals surface area contributed by atoms with E-state index in [1.807, 2.05) is 0 Å². The summed E-state index contributed by atoms with van der Waals surface area (Å²) in [6, 6.07) is 0. The molecule has 0 aliphatic heterocycles. The van der Waals surface area contributed by atoms with Crippen molar-refractivity contribution in [2.24, 2.45) is 17.8 Å². The zero-order chi connectivity index (χ0) is 70.1. The number of hydrogen-bond donors (Lipinski definition) is 3. The second kappa shape index (κ2) is 66.6. The maximum atomic E-state index is 13.1. The lowest BCUT2D eigenvalue weighted by atomic mass is 10.0. The summed E-state index contributed by atoms with van der Waals surface area (Å²) in [6.45, 7) is 11.9. The van der Waals surface area contributed by atoms with Crippen molar-refractivity contribution in [2.75, 3.05) is 39.6 Å².